The molecular weight excluding hydrogens is 246 g/mol. The predicted molar refractivity (Wildman–Crippen MR) is 75.7 cm³/mol. The molecule has 0 saturated heterocycles. The minimum Gasteiger partial charge on any atom is -0.398 e. The van der Waals surface area contributed by atoms with Crippen molar-refractivity contribution in [1.82, 2.24) is 9.97 Å². The largest absolute Gasteiger partial charge is 0.398 e. The van der Waals surface area contributed by atoms with E-state index in [1.807, 2.05) is 37.3 Å². The van der Waals surface area contributed by atoms with E-state index in [1.165, 1.54) is 0 Å². The number of aryl methyl sites for hydroxylation is 1. The highest BCUT2D eigenvalue weighted by Gasteiger charge is 2.08. The number of nitrogens with zero attached hydrogens (tertiary/aromatic N) is 1. The van der Waals surface area contributed by atoms with Crippen LogP contribution in [0, 0.1) is 6.92 Å². The van der Waals surface area contributed by atoms with E-state index < -0.39 is 0 Å². The van der Waals surface area contributed by atoms with Gasteiger partial charge in [-0.3, -0.25) is 0 Å². The number of aromatic nitrogens is 2. The SMILES string of the molecule is Cc1cccc2[nH]c(-c3ccc(Cl)c(N)c3)nc12. The fourth-order valence-corrected chi connectivity index (χ4v) is 2.12. The fraction of sp³-hybridized carbons (Fsp3) is 0.0714. The molecule has 0 aliphatic rings. The number of nitrogens with two attached hydrogens (primary N) is 1. The first kappa shape index (κ1) is 11.1. The van der Waals surface area contributed by atoms with E-state index in [0.717, 1.165) is 28.0 Å². The molecule has 1 heterocycles. The second-order valence-electron chi connectivity index (χ2n) is 4.29. The molecule has 0 unspecified atom stereocenters. The van der Waals surface area contributed by atoms with Crippen LogP contribution in [0.25, 0.3) is 22.4 Å². The molecule has 0 spiro atoms. The van der Waals surface area contributed by atoms with Gasteiger partial charge in [0.15, 0.2) is 0 Å². The molecule has 0 saturated carbocycles. The van der Waals surface area contributed by atoms with Gasteiger partial charge in [-0.25, -0.2) is 4.98 Å². The van der Waals surface area contributed by atoms with E-state index in [-0.39, 0.29) is 0 Å². The minimum atomic E-state index is 0.561. The number of benzene rings is 2. The van der Waals surface area contributed by atoms with Crippen LogP contribution in [0.15, 0.2) is 36.4 Å². The maximum absolute atomic E-state index is 5.92. The average molecular weight is 258 g/mol. The van der Waals surface area contributed by atoms with Crippen LogP contribution in [0.5, 0.6) is 0 Å². The van der Waals surface area contributed by atoms with Crippen LogP contribution < -0.4 is 5.73 Å². The van der Waals surface area contributed by atoms with Gasteiger partial charge in [-0.2, -0.15) is 0 Å². The minimum absolute atomic E-state index is 0.561. The summed E-state index contributed by atoms with van der Waals surface area (Å²) < 4.78 is 0. The molecule has 0 atom stereocenters. The van der Waals surface area contributed by atoms with Crippen molar-refractivity contribution in [2.45, 2.75) is 6.92 Å². The molecular formula is C14H12ClN3. The highest BCUT2D eigenvalue weighted by molar-refractivity contribution is 6.33. The molecule has 2 aromatic carbocycles. The third-order valence-electron chi connectivity index (χ3n) is 2.98. The summed E-state index contributed by atoms with van der Waals surface area (Å²) in [7, 11) is 0. The zero-order valence-electron chi connectivity index (χ0n) is 9.87. The number of nitrogens with one attached hydrogen (secondary N) is 1. The number of imidazole rings is 1. The Balaban J connectivity index is 2.19. The van der Waals surface area contributed by atoms with Crippen molar-refractivity contribution in [2.24, 2.45) is 0 Å². The summed E-state index contributed by atoms with van der Waals surface area (Å²) in [6, 6.07) is 11.6. The zero-order chi connectivity index (χ0) is 12.7. The van der Waals surface area contributed by atoms with E-state index in [4.69, 9.17) is 17.3 Å². The topological polar surface area (TPSA) is 54.7 Å². The molecule has 3 rings (SSSR count). The Morgan fingerprint density at radius 1 is 1.22 bits per heavy atom. The maximum atomic E-state index is 5.92. The monoisotopic (exact) mass is 257 g/mol. The Hall–Kier alpha value is -2.00. The van der Waals surface area contributed by atoms with Gasteiger partial charge in [0.2, 0.25) is 0 Å². The third-order valence-corrected chi connectivity index (χ3v) is 3.33. The Morgan fingerprint density at radius 2 is 2.06 bits per heavy atom. The first-order chi connectivity index (χ1) is 8.65. The van der Waals surface area contributed by atoms with Crippen molar-refractivity contribution < 1.29 is 0 Å². The normalized spacial score (nSPS) is 11.0. The van der Waals surface area contributed by atoms with Gasteiger partial charge in [0.1, 0.15) is 5.82 Å². The van der Waals surface area contributed by atoms with Crippen molar-refractivity contribution >= 4 is 28.3 Å². The zero-order valence-corrected chi connectivity index (χ0v) is 10.6. The Bertz CT molecular complexity index is 731. The second-order valence-corrected chi connectivity index (χ2v) is 4.70. The van der Waals surface area contributed by atoms with Gasteiger partial charge < -0.3 is 10.7 Å². The first-order valence-electron chi connectivity index (χ1n) is 5.66. The lowest BCUT2D eigenvalue weighted by Crippen LogP contribution is -1.88. The summed E-state index contributed by atoms with van der Waals surface area (Å²) in [5.74, 6) is 0.808. The van der Waals surface area contributed by atoms with Crippen molar-refractivity contribution in [1.29, 1.82) is 0 Å². The number of fused-ring (bicyclic) bond motifs is 1. The second kappa shape index (κ2) is 4.03. The van der Waals surface area contributed by atoms with E-state index in [1.54, 1.807) is 6.07 Å². The molecule has 0 aliphatic carbocycles. The summed E-state index contributed by atoms with van der Waals surface area (Å²) in [5, 5.41) is 0.561. The van der Waals surface area contributed by atoms with Crippen molar-refractivity contribution in [3.8, 4) is 11.4 Å². The summed E-state index contributed by atoms with van der Waals surface area (Å²) in [4.78, 5) is 7.89. The molecule has 0 aliphatic heterocycles. The molecule has 0 amide bonds. The number of halogens is 1. The van der Waals surface area contributed by atoms with Gasteiger partial charge in [-0.15, -0.1) is 0 Å². The van der Waals surface area contributed by atoms with Crippen LogP contribution in [-0.2, 0) is 0 Å². The van der Waals surface area contributed by atoms with Crippen LogP contribution >= 0.6 is 11.6 Å². The van der Waals surface area contributed by atoms with Crippen molar-refractivity contribution in [2.75, 3.05) is 5.73 Å². The van der Waals surface area contributed by atoms with Gasteiger partial charge in [0.25, 0.3) is 0 Å². The van der Waals surface area contributed by atoms with Crippen molar-refractivity contribution in [3.05, 3.63) is 47.0 Å². The molecule has 3 nitrogen and oxygen atoms in total. The van der Waals surface area contributed by atoms with Gasteiger partial charge in [0.05, 0.1) is 21.7 Å². The summed E-state index contributed by atoms with van der Waals surface area (Å²) in [5.41, 5.74) is 10.5. The smallest absolute Gasteiger partial charge is 0.138 e. The molecule has 90 valence electrons. The Kier molecular flexibility index (Phi) is 2.49. The molecule has 0 fully saturated rings. The third kappa shape index (κ3) is 1.73. The quantitative estimate of drug-likeness (QED) is 0.652. The number of H-pyrrole nitrogens is 1. The highest BCUT2D eigenvalue weighted by atomic mass is 35.5. The number of hydrogen-bond donors (Lipinski definition) is 2. The number of aromatic amines is 1. The summed E-state index contributed by atoms with van der Waals surface area (Å²) in [6.07, 6.45) is 0. The molecule has 18 heavy (non-hydrogen) atoms. The van der Waals surface area contributed by atoms with Crippen LogP contribution in [0.1, 0.15) is 5.56 Å². The highest BCUT2D eigenvalue weighted by Crippen LogP contribution is 2.27. The molecule has 0 radical (unpaired) electrons. The molecule has 0 bridgehead atoms. The van der Waals surface area contributed by atoms with E-state index in [9.17, 15) is 0 Å². The van der Waals surface area contributed by atoms with E-state index in [2.05, 4.69) is 9.97 Å². The molecule has 4 heteroatoms. The lowest BCUT2D eigenvalue weighted by Gasteiger charge is -2.00. The van der Waals surface area contributed by atoms with Crippen LogP contribution in [0.4, 0.5) is 5.69 Å². The molecule has 3 aromatic rings. The van der Waals surface area contributed by atoms with Gasteiger partial charge in [0, 0.05) is 5.56 Å². The number of anilines is 1. The van der Waals surface area contributed by atoms with Crippen molar-refractivity contribution in [3.63, 3.8) is 0 Å². The number of para-hydroxylation sites is 1. The fourth-order valence-electron chi connectivity index (χ4n) is 2.00. The Labute approximate surface area is 110 Å². The molecule has 3 N–H and O–H groups in total. The number of rotatable bonds is 1. The summed E-state index contributed by atoms with van der Waals surface area (Å²) in [6.45, 7) is 2.04. The summed E-state index contributed by atoms with van der Waals surface area (Å²) >= 11 is 5.92. The van der Waals surface area contributed by atoms with Gasteiger partial charge in [-0.1, -0.05) is 23.7 Å². The van der Waals surface area contributed by atoms with Crippen LogP contribution in [0.2, 0.25) is 5.02 Å². The van der Waals surface area contributed by atoms with Crippen LogP contribution in [0.3, 0.4) is 0 Å². The predicted octanol–water partition coefficient (Wildman–Crippen LogP) is 3.77. The Morgan fingerprint density at radius 3 is 2.78 bits per heavy atom. The van der Waals surface area contributed by atoms with Gasteiger partial charge in [-0.05, 0) is 36.8 Å². The average Bonchev–Trinajstić information content (AvgIpc) is 2.78. The standard InChI is InChI=1S/C14H12ClN3/c1-8-3-2-4-12-13(8)18-14(17-12)9-5-6-10(15)11(16)7-9/h2-7H,16H2,1H3,(H,17,18). The maximum Gasteiger partial charge on any atom is 0.138 e. The lowest BCUT2D eigenvalue weighted by atomic mass is 10.2. The van der Waals surface area contributed by atoms with Crippen LogP contribution in [-0.4, -0.2) is 9.97 Å². The number of nitrogen functional groups attached to an aromatic ring is 1. The van der Waals surface area contributed by atoms with E-state index in [0.29, 0.717) is 10.7 Å². The lowest BCUT2D eigenvalue weighted by molar-refractivity contribution is 1.33. The first-order valence-corrected chi connectivity index (χ1v) is 6.03. The number of hydrogen-bond acceptors (Lipinski definition) is 2. The van der Waals surface area contributed by atoms with E-state index >= 15 is 0 Å². The van der Waals surface area contributed by atoms with Gasteiger partial charge >= 0.3 is 0 Å². The molecule has 1 aromatic heterocycles.